The molecule has 0 bridgehead atoms. The largest absolute Gasteiger partial charge is 0.341 e. The summed E-state index contributed by atoms with van der Waals surface area (Å²) in [6.45, 7) is 7.98. The van der Waals surface area contributed by atoms with Crippen LogP contribution < -0.4 is 10.6 Å². The monoisotopic (exact) mass is 644 g/mol. The minimum Gasteiger partial charge on any atom is -0.341 e. The molecule has 0 spiro atoms. The van der Waals surface area contributed by atoms with Crippen molar-refractivity contribution in [2.45, 2.75) is 51.1 Å². The summed E-state index contributed by atoms with van der Waals surface area (Å²) >= 11 is 1.50. The molecule has 1 unspecified atom stereocenters. The van der Waals surface area contributed by atoms with Crippen LogP contribution in [0.1, 0.15) is 83.1 Å². The van der Waals surface area contributed by atoms with E-state index in [1.807, 2.05) is 71.6 Å². The Labute approximate surface area is 280 Å². The molecule has 0 radical (unpaired) electrons. The number of carbonyl (C=O) groups is 3. The maximum absolute atomic E-state index is 13.4. The Morgan fingerprint density at radius 1 is 0.809 bits per heavy atom. The van der Waals surface area contributed by atoms with Crippen LogP contribution >= 0.6 is 11.8 Å². The molecule has 0 saturated carbocycles. The second kappa shape index (κ2) is 14.0. The molecule has 2 aliphatic heterocycles. The lowest BCUT2D eigenvalue weighted by atomic mass is 9.86. The third-order valence-electron chi connectivity index (χ3n) is 8.74. The number of carbonyl (C=O) groups excluding carboxylic acids is 3. The molecule has 0 aliphatic carbocycles. The highest BCUT2D eigenvalue weighted by Gasteiger charge is 2.30. The number of likely N-dealkylation sites (tertiary alicyclic amines) is 1. The van der Waals surface area contributed by atoms with Gasteiger partial charge >= 0.3 is 0 Å². The highest BCUT2D eigenvalue weighted by molar-refractivity contribution is 8.14. The van der Waals surface area contributed by atoms with Gasteiger partial charge in [0.15, 0.2) is 5.17 Å². The van der Waals surface area contributed by atoms with E-state index in [2.05, 4.69) is 55.7 Å². The number of hydrogen-bond acceptors (Lipinski definition) is 5. The fourth-order valence-electron chi connectivity index (χ4n) is 5.98. The molecule has 3 amide bonds. The Balaban J connectivity index is 1.12. The molecule has 6 rings (SSSR count). The molecule has 240 valence electrons. The number of nitrogens with zero attached hydrogens (tertiary/aromatic N) is 2. The molecule has 2 heterocycles. The van der Waals surface area contributed by atoms with Gasteiger partial charge in [0.2, 0.25) is 5.91 Å². The van der Waals surface area contributed by atoms with Crippen LogP contribution in [0.4, 0.5) is 0 Å². The molecule has 2 N–H and O–H groups in total. The highest BCUT2D eigenvalue weighted by Crippen LogP contribution is 2.32. The van der Waals surface area contributed by atoms with Crippen molar-refractivity contribution in [3.63, 3.8) is 0 Å². The van der Waals surface area contributed by atoms with Gasteiger partial charge in [-0.1, -0.05) is 117 Å². The van der Waals surface area contributed by atoms with Gasteiger partial charge in [0.05, 0.1) is 6.04 Å². The molecule has 0 aromatic heterocycles. The number of aliphatic imine (C=N–C) groups is 1. The predicted octanol–water partition coefficient (Wildman–Crippen LogP) is 7.32. The van der Waals surface area contributed by atoms with E-state index in [-0.39, 0.29) is 29.2 Å². The lowest BCUT2D eigenvalue weighted by Gasteiger charge is -2.24. The maximum Gasteiger partial charge on any atom is 0.257 e. The Kier molecular flexibility index (Phi) is 9.59. The van der Waals surface area contributed by atoms with E-state index in [1.165, 1.54) is 17.3 Å². The Hall–Kier alpha value is -4.69. The van der Waals surface area contributed by atoms with Gasteiger partial charge in [-0.2, -0.15) is 0 Å². The molecule has 4 aromatic rings. The van der Waals surface area contributed by atoms with Crippen molar-refractivity contribution in [3.8, 4) is 11.1 Å². The van der Waals surface area contributed by atoms with E-state index in [9.17, 15) is 14.4 Å². The van der Waals surface area contributed by atoms with Crippen molar-refractivity contribution < 1.29 is 14.4 Å². The molecular weight excluding hydrogens is 605 g/mol. The van der Waals surface area contributed by atoms with Gasteiger partial charge in [-0.15, -0.1) is 0 Å². The minimum absolute atomic E-state index is 0.0511. The number of benzene rings is 4. The number of hydrogen-bond donors (Lipinski definition) is 2. The summed E-state index contributed by atoms with van der Waals surface area (Å²) < 4.78 is 0. The van der Waals surface area contributed by atoms with Gasteiger partial charge in [0, 0.05) is 30.0 Å². The topological polar surface area (TPSA) is 90.9 Å². The summed E-state index contributed by atoms with van der Waals surface area (Å²) in [5.74, 6) is 0.0988. The fraction of sp³-hybridized carbons (Fsp3) is 0.282. The van der Waals surface area contributed by atoms with Gasteiger partial charge in [-0.25, -0.2) is 0 Å². The second-order valence-corrected chi connectivity index (χ2v) is 14.1. The van der Waals surface area contributed by atoms with Crippen LogP contribution in [0.25, 0.3) is 11.1 Å². The van der Waals surface area contributed by atoms with Crippen molar-refractivity contribution in [1.82, 2.24) is 15.5 Å². The average Bonchev–Trinajstić information content (AvgIpc) is 3.80. The summed E-state index contributed by atoms with van der Waals surface area (Å²) in [6.07, 6.45) is 1.96. The lowest BCUT2D eigenvalue weighted by molar-refractivity contribution is -0.132. The van der Waals surface area contributed by atoms with Crippen LogP contribution in [-0.2, 0) is 10.2 Å². The Bertz CT molecular complexity index is 1770. The first-order valence-electron chi connectivity index (χ1n) is 16.1. The second-order valence-electron chi connectivity index (χ2n) is 13.1. The minimum atomic E-state index is -0.739. The highest BCUT2D eigenvalue weighted by atomic mass is 32.2. The summed E-state index contributed by atoms with van der Waals surface area (Å²) in [6, 6.07) is 31.8. The number of rotatable bonds is 7. The normalized spacial score (nSPS) is 16.8. The molecule has 1 saturated heterocycles. The van der Waals surface area contributed by atoms with Crippen LogP contribution in [-0.4, -0.2) is 46.6 Å². The van der Waals surface area contributed by atoms with Gasteiger partial charge < -0.3 is 15.5 Å². The van der Waals surface area contributed by atoms with Gasteiger partial charge in [0.1, 0.15) is 6.04 Å². The zero-order valence-electron chi connectivity index (χ0n) is 27.0. The molecule has 1 fully saturated rings. The predicted molar refractivity (Wildman–Crippen MR) is 190 cm³/mol. The first-order chi connectivity index (χ1) is 22.7. The SMILES string of the molecule is CC(C)(C)c1ccc(-c2ccccc2C(=O)NC2=NC(c3ccc(C(=O)N[C@H](C(=O)N4CCCC4)c4ccccc4)cc3)CS2)cc1. The van der Waals surface area contributed by atoms with E-state index < -0.39 is 6.04 Å². The third-order valence-corrected chi connectivity index (χ3v) is 9.70. The summed E-state index contributed by atoms with van der Waals surface area (Å²) in [7, 11) is 0. The Morgan fingerprint density at radius 3 is 2.15 bits per heavy atom. The van der Waals surface area contributed by atoms with E-state index in [0.29, 0.717) is 35.1 Å². The first kappa shape index (κ1) is 32.3. The van der Waals surface area contributed by atoms with E-state index in [1.54, 1.807) is 12.1 Å². The van der Waals surface area contributed by atoms with Crippen molar-refractivity contribution in [2.75, 3.05) is 18.8 Å². The lowest BCUT2D eigenvalue weighted by Crippen LogP contribution is -2.41. The van der Waals surface area contributed by atoms with Crippen LogP contribution in [0.3, 0.4) is 0 Å². The number of amidine groups is 1. The van der Waals surface area contributed by atoms with Crippen molar-refractivity contribution in [3.05, 3.63) is 131 Å². The van der Waals surface area contributed by atoms with E-state index in [0.717, 1.165) is 35.1 Å². The van der Waals surface area contributed by atoms with Crippen molar-refractivity contribution in [2.24, 2.45) is 4.99 Å². The molecule has 2 aliphatic rings. The summed E-state index contributed by atoms with van der Waals surface area (Å²) in [5.41, 5.74) is 5.93. The van der Waals surface area contributed by atoms with Crippen LogP contribution in [0.2, 0.25) is 0 Å². The molecule has 4 aromatic carbocycles. The molecule has 8 heteroatoms. The summed E-state index contributed by atoms with van der Waals surface area (Å²) in [5, 5.41) is 6.57. The summed E-state index contributed by atoms with van der Waals surface area (Å²) in [4.78, 5) is 46.7. The van der Waals surface area contributed by atoms with E-state index in [4.69, 9.17) is 4.99 Å². The van der Waals surface area contributed by atoms with E-state index >= 15 is 0 Å². The fourth-order valence-corrected chi connectivity index (χ4v) is 6.93. The number of nitrogens with one attached hydrogen (secondary N) is 2. The zero-order chi connectivity index (χ0) is 33.0. The maximum atomic E-state index is 13.4. The van der Waals surface area contributed by atoms with Crippen LogP contribution in [0.5, 0.6) is 0 Å². The quantitative estimate of drug-likeness (QED) is 0.221. The Morgan fingerprint density at radius 2 is 1.47 bits per heavy atom. The molecular formula is C39H40N4O3S. The smallest absolute Gasteiger partial charge is 0.257 e. The average molecular weight is 645 g/mol. The first-order valence-corrected chi connectivity index (χ1v) is 17.1. The number of thioether (sulfide) groups is 1. The molecule has 7 nitrogen and oxygen atoms in total. The zero-order valence-corrected chi connectivity index (χ0v) is 27.8. The third kappa shape index (κ3) is 7.49. The van der Waals surface area contributed by atoms with Gasteiger partial charge in [-0.3, -0.25) is 19.4 Å². The molecule has 2 atom stereocenters. The standard InChI is InChI=1S/C39H40N4O3S/c1-39(2,3)30-21-19-26(20-22-30)31-13-7-8-14-32(31)36(45)42-38-40-33(25-47-38)27-15-17-29(18-16-27)35(44)41-34(28-11-5-4-6-12-28)37(46)43-23-9-10-24-43/h4-8,11-22,33-34H,9-10,23-25H2,1-3H3,(H,41,44)(H,40,42,45)/t33?,34-/m0/s1. The molecule has 47 heavy (non-hydrogen) atoms. The van der Waals surface area contributed by atoms with Gasteiger partial charge in [-0.05, 0) is 64.3 Å². The van der Waals surface area contributed by atoms with Crippen molar-refractivity contribution >= 4 is 34.7 Å². The van der Waals surface area contributed by atoms with Gasteiger partial charge in [0.25, 0.3) is 11.8 Å². The van der Waals surface area contributed by atoms with Crippen LogP contribution in [0.15, 0.2) is 108 Å². The number of amides is 3. The van der Waals surface area contributed by atoms with Crippen LogP contribution in [0, 0.1) is 0 Å². The van der Waals surface area contributed by atoms with Crippen molar-refractivity contribution in [1.29, 1.82) is 0 Å².